The highest BCUT2D eigenvalue weighted by molar-refractivity contribution is 9.10. The number of alkyl halides is 3. The van der Waals surface area contributed by atoms with Crippen LogP contribution >= 0.6 is 27.3 Å². The summed E-state index contributed by atoms with van der Waals surface area (Å²) in [5.41, 5.74) is 0. The minimum absolute atomic E-state index is 0.290. The van der Waals surface area contributed by atoms with E-state index in [1.54, 1.807) is 6.07 Å². The van der Waals surface area contributed by atoms with Gasteiger partial charge < -0.3 is 5.11 Å². The highest BCUT2D eigenvalue weighted by atomic mass is 79.9. The first-order valence-corrected chi connectivity index (χ1v) is 5.39. The van der Waals surface area contributed by atoms with Crippen molar-refractivity contribution in [1.82, 2.24) is 0 Å². The highest BCUT2D eigenvalue weighted by Gasteiger charge is 2.36. The normalized spacial score (nSPS) is 14.5. The number of hydrogen-bond donors (Lipinski definition) is 1. The fourth-order valence-electron chi connectivity index (χ4n) is 0.893. The van der Waals surface area contributed by atoms with Crippen LogP contribution in [0, 0.1) is 0 Å². The Bertz CT molecular complexity index is 282. The molecule has 13 heavy (non-hydrogen) atoms. The molecule has 0 aliphatic carbocycles. The smallest absolute Gasteiger partial charge is 0.331 e. The van der Waals surface area contributed by atoms with Gasteiger partial charge in [-0.3, -0.25) is 0 Å². The van der Waals surface area contributed by atoms with Gasteiger partial charge >= 0.3 is 4.83 Å². The Kier molecular flexibility index (Phi) is 3.43. The lowest BCUT2D eigenvalue weighted by Crippen LogP contribution is -2.16. The van der Waals surface area contributed by atoms with Gasteiger partial charge in [-0.05, 0) is 34.5 Å². The monoisotopic (exact) mass is 270 g/mol. The first kappa shape index (κ1) is 11.1. The average molecular weight is 271 g/mol. The van der Waals surface area contributed by atoms with Gasteiger partial charge in [0, 0.05) is 9.75 Å². The van der Waals surface area contributed by atoms with Gasteiger partial charge in [0.05, 0.1) is 0 Å². The van der Waals surface area contributed by atoms with E-state index in [4.69, 9.17) is 0 Å². The molecule has 1 unspecified atom stereocenters. The second kappa shape index (κ2) is 4.02. The van der Waals surface area contributed by atoms with Crippen LogP contribution in [0.3, 0.4) is 0 Å². The summed E-state index contributed by atoms with van der Waals surface area (Å²) < 4.78 is 25.2. The summed E-state index contributed by atoms with van der Waals surface area (Å²) in [7, 11) is 0. The number of hydrogen-bond acceptors (Lipinski definition) is 2. The second-order valence-corrected chi connectivity index (χ2v) is 4.86. The zero-order valence-electron chi connectivity index (χ0n) is 6.93. The molecule has 1 nitrogen and oxygen atoms in total. The van der Waals surface area contributed by atoms with Crippen molar-refractivity contribution in [1.29, 1.82) is 0 Å². The number of aliphatic hydroxyl groups excluding tert-OH is 1. The largest absolute Gasteiger partial charge is 0.380 e. The SMILES string of the molecule is CCc1ccc(C(O)C(F)(F)Br)s1. The fraction of sp³-hybridized carbons (Fsp3) is 0.500. The Hall–Kier alpha value is -0.000000000000000194. The van der Waals surface area contributed by atoms with E-state index in [1.807, 2.05) is 6.92 Å². The quantitative estimate of drug-likeness (QED) is 0.836. The van der Waals surface area contributed by atoms with E-state index in [0.717, 1.165) is 11.3 Å². The Balaban J connectivity index is 2.83. The molecule has 0 fully saturated rings. The van der Waals surface area contributed by atoms with Crippen molar-refractivity contribution in [3.8, 4) is 0 Å². The van der Waals surface area contributed by atoms with Gasteiger partial charge in [-0.1, -0.05) is 6.92 Å². The van der Waals surface area contributed by atoms with Crippen molar-refractivity contribution in [3.63, 3.8) is 0 Å². The van der Waals surface area contributed by atoms with E-state index in [2.05, 4.69) is 15.9 Å². The summed E-state index contributed by atoms with van der Waals surface area (Å²) in [6.07, 6.45) is -0.955. The topological polar surface area (TPSA) is 20.2 Å². The molecule has 0 aliphatic heterocycles. The van der Waals surface area contributed by atoms with E-state index in [-0.39, 0.29) is 0 Å². The first-order valence-electron chi connectivity index (χ1n) is 3.78. The number of thiophene rings is 1. The molecular weight excluding hydrogens is 262 g/mol. The van der Waals surface area contributed by atoms with Crippen molar-refractivity contribution >= 4 is 27.3 Å². The minimum atomic E-state index is -3.25. The molecule has 1 aromatic rings. The number of aliphatic hydroxyl groups is 1. The lowest BCUT2D eigenvalue weighted by molar-refractivity contribution is -0.0275. The van der Waals surface area contributed by atoms with Crippen LogP contribution in [-0.2, 0) is 6.42 Å². The van der Waals surface area contributed by atoms with E-state index < -0.39 is 10.9 Å². The molecule has 0 amide bonds. The molecule has 0 bridgehead atoms. The van der Waals surface area contributed by atoms with Crippen LogP contribution in [0.4, 0.5) is 8.78 Å². The van der Waals surface area contributed by atoms with E-state index in [0.29, 0.717) is 4.88 Å². The van der Waals surface area contributed by atoms with Crippen LogP contribution in [0.5, 0.6) is 0 Å². The van der Waals surface area contributed by atoms with Gasteiger partial charge in [0.2, 0.25) is 0 Å². The van der Waals surface area contributed by atoms with Gasteiger partial charge in [-0.2, -0.15) is 8.78 Å². The lowest BCUT2D eigenvalue weighted by atomic mass is 10.3. The molecule has 1 aromatic heterocycles. The van der Waals surface area contributed by atoms with Gasteiger partial charge in [-0.25, -0.2) is 0 Å². The predicted octanol–water partition coefficient (Wildman–Crippen LogP) is 3.33. The molecule has 0 aliphatic rings. The standard InChI is InChI=1S/C8H9BrF2OS/c1-2-5-3-4-6(13-5)7(12)8(9,10)11/h3-4,7,12H,2H2,1H3. The third-order valence-corrected chi connectivity index (χ3v) is 3.33. The van der Waals surface area contributed by atoms with E-state index in [1.165, 1.54) is 17.4 Å². The zero-order chi connectivity index (χ0) is 10.1. The van der Waals surface area contributed by atoms with Crippen molar-refractivity contribution in [2.45, 2.75) is 24.3 Å². The molecular formula is C8H9BrF2OS. The summed E-state index contributed by atoms with van der Waals surface area (Å²) >= 11 is 3.34. The summed E-state index contributed by atoms with van der Waals surface area (Å²) in [6.45, 7) is 1.94. The molecule has 0 saturated carbocycles. The number of rotatable bonds is 3. The molecule has 0 radical (unpaired) electrons. The van der Waals surface area contributed by atoms with Crippen molar-refractivity contribution in [2.24, 2.45) is 0 Å². The predicted molar refractivity (Wildman–Crippen MR) is 52.5 cm³/mol. The van der Waals surface area contributed by atoms with Crippen LogP contribution in [0.15, 0.2) is 12.1 Å². The Morgan fingerprint density at radius 1 is 1.62 bits per heavy atom. The van der Waals surface area contributed by atoms with Crippen molar-refractivity contribution < 1.29 is 13.9 Å². The van der Waals surface area contributed by atoms with E-state index >= 15 is 0 Å². The average Bonchev–Trinajstić information content (AvgIpc) is 2.48. The molecule has 1 N–H and O–H groups in total. The van der Waals surface area contributed by atoms with Gasteiger partial charge in [-0.15, -0.1) is 11.3 Å². The number of halogens is 3. The summed E-state index contributed by atoms with van der Waals surface area (Å²) in [6, 6.07) is 3.28. The third kappa shape index (κ3) is 2.72. The second-order valence-electron chi connectivity index (χ2n) is 2.60. The Morgan fingerprint density at radius 3 is 2.62 bits per heavy atom. The van der Waals surface area contributed by atoms with Crippen LogP contribution in [0.2, 0.25) is 0 Å². The van der Waals surface area contributed by atoms with Crippen molar-refractivity contribution in [3.05, 3.63) is 21.9 Å². The first-order chi connectivity index (χ1) is 5.95. The lowest BCUT2D eigenvalue weighted by Gasteiger charge is -2.14. The molecule has 0 aromatic carbocycles. The van der Waals surface area contributed by atoms with Crippen molar-refractivity contribution in [2.75, 3.05) is 0 Å². The van der Waals surface area contributed by atoms with Gasteiger partial charge in [0.25, 0.3) is 0 Å². The molecule has 1 rings (SSSR count). The van der Waals surface area contributed by atoms with Crippen LogP contribution < -0.4 is 0 Å². The van der Waals surface area contributed by atoms with Crippen LogP contribution in [0.25, 0.3) is 0 Å². The van der Waals surface area contributed by atoms with Gasteiger partial charge in [0.1, 0.15) is 0 Å². The van der Waals surface area contributed by atoms with Crippen LogP contribution in [-0.4, -0.2) is 9.94 Å². The van der Waals surface area contributed by atoms with Crippen LogP contribution in [0.1, 0.15) is 22.8 Å². The number of aryl methyl sites for hydroxylation is 1. The Labute approximate surface area is 87.5 Å². The summed E-state index contributed by atoms with van der Waals surface area (Å²) in [5, 5.41) is 9.18. The maximum Gasteiger partial charge on any atom is 0.331 e. The third-order valence-electron chi connectivity index (χ3n) is 1.61. The molecule has 1 atom stereocenters. The maximum absolute atomic E-state index is 12.6. The van der Waals surface area contributed by atoms with Gasteiger partial charge in [0.15, 0.2) is 6.10 Å². The summed E-state index contributed by atoms with van der Waals surface area (Å²) in [4.78, 5) is -1.97. The fourth-order valence-corrected chi connectivity index (χ4v) is 2.27. The molecule has 0 spiro atoms. The summed E-state index contributed by atoms with van der Waals surface area (Å²) in [5.74, 6) is 0. The molecule has 74 valence electrons. The molecule has 1 heterocycles. The van der Waals surface area contributed by atoms with E-state index in [9.17, 15) is 13.9 Å². The Morgan fingerprint density at radius 2 is 2.23 bits per heavy atom. The minimum Gasteiger partial charge on any atom is -0.380 e. The maximum atomic E-state index is 12.6. The zero-order valence-corrected chi connectivity index (χ0v) is 9.33. The molecule has 0 saturated heterocycles. The molecule has 5 heteroatoms. The highest BCUT2D eigenvalue weighted by Crippen LogP contribution is 2.39.